The number of halogens is 2. The van der Waals surface area contributed by atoms with E-state index in [9.17, 15) is 9.18 Å². The number of ether oxygens (including phenoxy) is 1. The fourth-order valence-electron chi connectivity index (χ4n) is 1.56. The molecular formula is C14H12ClFN2O2. The highest BCUT2D eigenvalue weighted by Gasteiger charge is 2.12. The van der Waals surface area contributed by atoms with Crippen LogP contribution in [0.15, 0.2) is 36.5 Å². The largest absolute Gasteiger partial charge is 0.478 e. The van der Waals surface area contributed by atoms with Crippen LogP contribution in [-0.2, 0) is 0 Å². The molecular weight excluding hydrogens is 283 g/mol. The molecule has 20 heavy (non-hydrogen) atoms. The lowest BCUT2D eigenvalue weighted by atomic mass is 10.2. The zero-order valence-electron chi connectivity index (χ0n) is 10.7. The number of hydrogen-bond donors (Lipinski definition) is 1. The molecule has 0 fully saturated rings. The van der Waals surface area contributed by atoms with E-state index in [0.717, 1.165) is 6.07 Å². The molecule has 0 aliphatic rings. The first kappa shape index (κ1) is 14.3. The Labute approximate surface area is 120 Å². The summed E-state index contributed by atoms with van der Waals surface area (Å²) in [5.74, 6) is -0.763. The molecule has 2 rings (SSSR count). The standard InChI is InChI=1S/C14H12ClFN2O2/c1-2-20-13-6-4-10(8-17-13)18-14(19)11-7-9(15)3-5-12(11)16/h3-8H,2H2,1H3,(H,18,19). The molecule has 1 aromatic carbocycles. The molecule has 0 atom stereocenters. The molecule has 4 nitrogen and oxygen atoms in total. The van der Waals surface area contributed by atoms with Gasteiger partial charge in [0.05, 0.1) is 24.1 Å². The predicted molar refractivity (Wildman–Crippen MR) is 74.8 cm³/mol. The maximum absolute atomic E-state index is 13.5. The van der Waals surface area contributed by atoms with Gasteiger partial charge in [-0.25, -0.2) is 9.37 Å². The number of amides is 1. The van der Waals surface area contributed by atoms with Crippen LogP contribution < -0.4 is 10.1 Å². The molecule has 0 spiro atoms. The van der Waals surface area contributed by atoms with Crippen molar-refractivity contribution in [2.24, 2.45) is 0 Å². The summed E-state index contributed by atoms with van der Waals surface area (Å²) in [5.41, 5.74) is 0.323. The van der Waals surface area contributed by atoms with E-state index in [-0.39, 0.29) is 5.56 Å². The van der Waals surface area contributed by atoms with Gasteiger partial charge in [0, 0.05) is 11.1 Å². The summed E-state index contributed by atoms with van der Waals surface area (Å²) >= 11 is 5.74. The molecule has 1 heterocycles. The van der Waals surface area contributed by atoms with Gasteiger partial charge in [0.25, 0.3) is 5.91 Å². The van der Waals surface area contributed by atoms with Crippen LogP contribution in [0.3, 0.4) is 0 Å². The number of rotatable bonds is 4. The molecule has 1 N–H and O–H groups in total. The van der Waals surface area contributed by atoms with E-state index in [0.29, 0.717) is 23.2 Å². The van der Waals surface area contributed by atoms with E-state index in [1.807, 2.05) is 6.92 Å². The molecule has 0 aliphatic carbocycles. The van der Waals surface area contributed by atoms with Crippen LogP contribution in [-0.4, -0.2) is 17.5 Å². The van der Waals surface area contributed by atoms with E-state index >= 15 is 0 Å². The maximum atomic E-state index is 13.5. The second kappa shape index (κ2) is 6.34. The monoisotopic (exact) mass is 294 g/mol. The number of nitrogens with zero attached hydrogens (tertiary/aromatic N) is 1. The zero-order chi connectivity index (χ0) is 14.5. The smallest absolute Gasteiger partial charge is 0.258 e. The van der Waals surface area contributed by atoms with Crippen molar-refractivity contribution in [1.29, 1.82) is 0 Å². The Balaban J connectivity index is 2.13. The van der Waals surface area contributed by atoms with Gasteiger partial charge in [0.1, 0.15) is 5.82 Å². The second-order valence-corrected chi connectivity index (χ2v) is 4.33. The summed E-state index contributed by atoms with van der Waals surface area (Å²) in [4.78, 5) is 15.9. The van der Waals surface area contributed by atoms with E-state index in [1.165, 1.54) is 18.3 Å². The summed E-state index contributed by atoms with van der Waals surface area (Å²) < 4.78 is 18.7. The number of carbonyl (C=O) groups is 1. The minimum absolute atomic E-state index is 0.119. The molecule has 0 bridgehead atoms. The van der Waals surface area contributed by atoms with E-state index in [2.05, 4.69) is 10.3 Å². The van der Waals surface area contributed by atoms with Crippen molar-refractivity contribution >= 4 is 23.2 Å². The fraction of sp³-hybridized carbons (Fsp3) is 0.143. The topological polar surface area (TPSA) is 51.2 Å². The molecule has 1 amide bonds. The summed E-state index contributed by atoms with van der Waals surface area (Å²) in [7, 11) is 0. The third-order valence-electron chi connectivity index (χ3n) is 2.46. The summed E-state index contributed by atoms with van der Waals surface area (Å²) in [5, 5.41) is 2.83. The molecule has 6 heteroatoms. The Morgan fingerprint density at radius 1 is 1.40 bits per heavy atom. The van der Waals surface area contributed by atoms with Gasteiger partial charge in [0.2, 0.25) is 5.88 Å². The minimum Gasteiger partial charge on any atom is -0.478 e. The van der Waals surface area contributed by atoms with Crippen LogP contribution in [0.1, 0.15) is 17.3 Å². The van der Waals surface area contributed by atoms with Gasteiger partial charge < -0.3 is 10.1 Å². The Hall–Kier alpha value is -2.14. The maximum Gasteiger partial charge on any atom is 0.258 e. The Morgan fingerprint density at radius 3 is 2.85 bits per heavy atom. The SMILES string of the molecule is CCOc1ccc(NC(=O)c2cc(Cl)ccc2F)cn1. The van der Waals surface area contributed by atoms with Gasteiger partial charge >= 0.3 is 0 Å². The number of pyridine rings is 1. The van der Waals surface area contributed by atoms with Crippen molar-refractivity contribution in [2.45, 2.75) is 6.92 Å². The molecule has 104 valence electrons. The first-order valence-electron chi connectivity index (χ1n) is 5.95. The lowest BCUT2D eigenvalue weighted by molar-refractivity contribution is 0.102. The number of hydrogen-bond acceptors (Lipinski definition) is 3. The Morgan fingerprint density at radius 2 is 2.20 bits per heavy atom. The van der Waals surface area contributed by atoms with Crippen LogP contribution in [0.4, 0.5) is 10.1 Å². The van der Waals surface area contributed by atoms with E-state index in [4.69, 9.17) is 16.3 Å². The molecule has 0 saturated heterocycles. The van der Waals surface area contributed by atoms with Crippen LogP contribution in [0.5, 0.6) is 5.88 Å². The number of aromatic nitrogens is 1. The zero-order valence-corrected chi connectivity index (χ0v) is 11.4. The van der Waals surface area contributed by atoms with Gasteiger partial charge in [-0.15, -0.1) is 0 Å². The minimum atomic E-state index is -0.634. The van der Waals surface area contributed by atoms with Crippen molar-refractivity contribution in [3.63, 3.8) is 0 Å². The summed E-state index contributed by atoms with van der Waals surface area (Å²) in [6, 6.07) is 7.04. The number of anilines is 1. The van der Waals surface area contributed by atoms with Crippen LogP contribution in [0.2, 0.25) is 5.02 Å². The van der Waals surface area contributed by atoms with Crippen molar-refractivity contribution in [1.82, 2.24) is 4.98 Å². The fourth-order valence-corrected chi connectivity index (χ4v) is 1.73. The van der Waals surface area contributed by atoms with Crippen molar-refractivity contribution < 1.29 is 13.9 Å². The lowest BCUT2D eigenvalue weighted by Gasteiger charge is -2.07. The number of benzene rings is 1. The third kappa shape index (κ3) is 3.45. The highest BCUT2D eigenvalue weighted by atomic mass is 35.5. The van der Waals surface area contributed by atoms with Crippen LogP contribution >= 0.6 is 11.6 Å². The normalized spacial score (nSPS) is 10.2. The average Bonchev–Trinajstić information content (AvgIpc) is 2.44. The van der Waals surface area contributed by atoms with Crippen LogP contribution in [0.25, 0.3) is 0 Å². The highest BCUT2D eigenvalue weighted by molar-refractivity contribution is 6.31. The molecule has 1 aromatic heterocycles. The first-order valence-corrected chi connectivity index (χ1v) is 6.33. The predicted octanol–water partition coefficient (Wildman–Crippen LogP) is 3.53. The quantitative estimate of drug-likeness (QED) is 0.938. The molecule has 0 aliphatic heterocycles. The third-order valence-corrected chi connectivity index (χ3v) is 2.69. The highest BCUT2D eigenvalue weighted by Crippen LogP contribution is 2.17. The number of nitrogens with one attached hydrogen (secondary N) is 1. The van der Waals surface area contributed by atoms with E-state index < -0.39 is 11.7 Å². The van der Waals surface area contributed by atoms with Gasteiger partial charge in [-0.2, -0.15) is 0 Å². The molecule has 0 radical (unpaired) electrons. The Kier molecular flexibility index (Phi) is 4.53. The molecule has 2 aromatic rings. The first-order chi connectivity index (χ1) is 9.60. The summed E-state index contributed by atoms with van der Waals surface area (Å²) in [6.45, 7) is 2.35. The van der Waals surface area contributed by atoms with Gasteiger partial charge in [-0.05, 0) is 31.2 Å². The van der Waals surface area contributed by atoms with Crippen LogP contribution in [0, 0.1) is 5.82 Å². The van der Waals surface area contributed by atoms with E-state index in [1.54, 1.807) is 12.1 Å². The Bertz CT molecular complexity index is 617. The number of carbonyl (C=O) groups excluding carboxylic acids is 1. The van der Waals surface area contributed by atoms with Gasteiger partial charge in [-0.1, -0.05) is 11.6 Å². The van der Waals surface area contributed by atoms with Gasteiger partial charge in [0.15, 0.2) is 0 Å². The summed E-state index contributed by atoms with van der Waals surface area (Å²) in [6.07, 6.45) is 1.44. The van der Waals surface area contributed by atoms with Crippen molar-refractivity contribution in [3.8, 4) is 5.88 Å². The van der Waals surface area contributed by atoms with Gasteiger partial charge in [-0.3, -0.25) is 4.79 Å². The van der Waals surface area contributed by atoms with Crippen molar-refractivity contribution in [2.75, 3.05) is 11.9 Å². The molecule has 0 unspecified atom stereocenters. The average molecular weight is 295 g/mol. The second-order valence-electron chi connectivity index (χ2n) is 3.90. The van der Waals surface area contributed by atoms with Crippen molar-refractivity contribution in [3.05, 3.63) is 52.9 Å². The molecule has 0 saturated carbocycles. The lowest BCUT2D eigenvalue weighted by Crippen LogP contribution is -2.14.